The Morgan fingerprint density at radius 1 is 1.12 bits per heavy atom. The monoisotopic (exact) mass is 350 g/mol. The van der Waals surface area contributed by atoms with Gasteiger partial charge < -0.3 is 30.3 Å². The lowest BCUT2D eigenvalue weighted by molar-refractivity contribution is -0.419. The zero-order valence-corrected chi connectivity index (χ0v) is 14.4. The molecule has 0 spiro atoms. The van der Waals surface area contributed by atoms with E-state index in [1.165, 1.54) is 6.07 Å². The molecule has 138 valence electrons. The lowest BCUT2D eigenvalue weighted by atomic mass is 9.55. The van der Waals surface area contributed by atoms with Gasteiger partial charge in [0.25, 0.3) is 0 Å². The van der Waals surface area contributed by atoms with Gasteiger partial charge in [0.15, 0.2) is 0 Å². The topological polar surface area (TPSA) is 110 Å². The van der Waals surface area contributed by atoms with Crippen LogP contribution in [-0.2, 0) is 6.42 Å². The Bertz CT molecular complexity index is 681. The Balaban J connectivity index is 1.75. The highest BCUT2D eigenvalue weighted by Gasteiger charge is 2.55. The largest absolute Gasteiger partial charge is 0.508 e. The maximum atomic E-state index is 10.5. The number of hydrogen-bond donors (Lipinski definition) is 5. The summed E-state index contributed by atoms with van der Waals surface area (Å²) in [5.74, 6) is 1.09. The third kappa shape index (κ3) is 2.72. The predicted molar refractivity (Wildman–Crippen MR) is 88.7 cm³/mol. The Morgan fingerprint density at radius 2 is 1.88 bits per heavy atom. The van der Waals surface area contributed by atoms with Gasteiger partial charge in [-0.3, -0.25) is 0 Å². The van der Waals surface area contributed by atoms with Crippen molar-refractivity contribution < 1.29 is 30.3 Å². The third-order valence-corrected chi connectivity index (χ3v) is 6.96. The summed E-state index contributed by atoms with van der Waals surface area (Å²) in [7, 11) is 0. The molecule has 0 aliphatic heterocycles. The van der Waals surface area contributed by atoms with Gasteiger partial charge in [-0.05, 0) is 73.3 Å². The average molecular weight is 350 g/mol. The van der Waals surface area contributed by atoms with Crippen LogP contribution in [0.4, 0.5) is 0 Å². The standard InChI is InChI=1S/C19H26O6/c1-18-7-6-13-12(14(18)4-5-16(18)21)3-2-10-8-11(20)9-15(17(10)13)25-19(22,23)24/h8-9,12-14,16,20-24H,2-7H2,1H3/t12-,13-,14-,16-,18-/m0/s1. The molecule has 5 atom stereocenters. The van der Waals surface area contributed by atoms with Crippen molar-refractivity contribution in [3.63, 3.8) is 0 Å². The number of aliphatic hydroxyl groups excluding tert-OH is 1. The molecule has 0 bridgehead atoms. The Labute approximate surface area is 146 Å². The summed E-state index contributed by atoms with van der Waals surface area (Å²) < 4.78 is 4.94. The zero-order chi connectivity index (χ0) is 18.0. The lowest BCUT2D eigenvalue weighted by Crippen LogP contribution is -2.44. The molecular formula is C19H26O6. The zero-order valence-electron chi connectivity index (χ0n) is 14.4. The molecule has 2 fully saturated rings. The van der Waals surface area contributed by atoms with E-state index in [-0.39, 0.29) is 28.9 Å². The van der Waals surface area contributed by atoms with Crippen LogP contribution in [0.5, 0.6) is 11.5 Å². The van der Waals surface area contributed by atoms with Gasteiger partial charge in [-0.25, -0.2) is 0 Å². The van der Waals surface area contributed by atoms with Gasteiger partial charge in [0.05, 0.1) is 6.10 Å². The Morgan fingerprint density at radius 3 is 2.60 bits per heavy atom. The second-order valence-corrected chi connectivity index (χ2v) is 8.25. The van der Waals surface area contributed by atoms with Crippen molar-refractivity contribution in [3.05, 3.63) is 23.3 Å². The van der Waals surface area contributed by atoms with Gasteiger partial charge in [-0.2, -0.15) is 0 Å². The van der Waals surface area contributed by atoms with Crippen LogP contribution in [0.25, 0.3) is 0 Å². The van der Waals surface area contributed by atoms with Crippen LogP contribution in [0.15, 0.2) is 12.1 Å². The number of rotatable bonds is 2. The van der Waals surface area contributed by atoms with E-state index < -0.39 is 6.16 Å². The summed E-state index contributed by atoms with van der Waals surface area (Å²) >= 11 is 0. The summed E-state index contributed by atoms with van der Waals surface area (Å²) in [5.41, 5.74) is 1.74. The molecule has 2 saturated carbocycles. The van der Waals surface area contributed by atoms with Gasteiger partial charge in [-0.1, -0.05) is 6.92 Å². The van der Waals surface area contributed by atoms with Crippen LogP contribution < -0.4 is 4.74 Å². The lowest BCUT2D eigenvalue weighted by Gasteiger charge is -2.50. The quantitative estimate of drug-likeness (QED) is 0.518. The summed E-state index contributed by atoms with van der Waals surface area (Å²) in [6.45, 7) is 2.19. The minimum atomic E-state index is -3.28. The summed E-state index contributed by atoms with van der Waals surface area (Å²) in [6, 6.07) is 3.03. The molecule has 0 radical (unpaired) electrons. The summed E-state index contributed by atoms with van der Waals surface area (Å²) in [6.07, 6.45) is 1.84. The molecule has 1 aromatic carbocycles. The molecule has 0 amide bonds. The first kappa shape index (κ1) is 17.1. The maximum absolute atomic E-state index is 10.5. The van der Waals surface area contributed by atoms with E-state index in [4.69, 9.17) is 4.74 Å². The SMILES string of the molecule is C[C@]12CC[C@@H]3c4c(cc(O)cc4OC(O)(O)O)CC[C@@H]3[C@@H]1CC[C@@H]2O. The van der Waals surface area contributed by atoms with Gasteiger partial charge in [-0.15, -0.1) is 0 Å². The highest BCUT2D eigenvalue weighted by atomic mass is 16.9. The molecule has 6 nitrogen and oxygen atoms in total. The van der Waals surface area contributed by atoms with Crippen molar-refractivity contribution >= 4 is 0 Å². The van der Waals surface area contributed by atoms with Crippen LogP contribution in [0.2, 0.25) is 0 Å². The number of aliphatic hydroxyl groups is 4. The van der Waals surface area contributed by atoms with Crippen molar-refractivity contribution in [2.24, 2.45) is 17.3 Å². The van der Waals surface area contributed by atoms with E-state index in [0.29, 0.717) is 11.8 Å². The molecule has 0 aromatic heterocycles. The number of benzene rings is 1. The minimum Gasteiger partial charge on any atom is -0.508 e. The van der Waals surface area contributed by atoms with Crippen molar-refractivity contribution in [3.8, 4) is 11.5 Å². The molecule has 0 saturated heterocycles. The van der Waals surface area contributed by atoms with Crippen LogP contribution in [0.3, 0.4) is 0 Å². The number of phenolic OH excluding ortho intramolecular Hbond substituents is 1. The van der Waals surface area contributed by atoms with Gasteiger partial charge >= 0.3 is 6.16 Å². The van der Waals surface area contributed by atoms with E-state index >= 15 is 0 Å². The number of hydrogen-bond acceptors (Lipinski definition) is 6. The number of aryl methyl sites for hydroxylation is 1. The number of phenols is 1. The van der Waals surface area contributed by atoms with Crippen LogP contribution >= 0.6 is 0 Å². The molecule has 5 N–H and O–H groups in total. The molecular weight excluding hydrogens is 324 g/mol. The fourth-order valence-corrected chi connectivity index (χ4v) is 5.87. The molecule has 0 unspecified atom stereocenters. The number of fused-ring (bicyclic) bond motifs is 5. The smallest absolute Gasteiger partial charge is 0.453 e. The Kier molecular flexibility index (Phi) is 3.81. The predicted octanol–water partition coefficient (Wildman–Crippen LogP) is 1.58. The van der Waals surface area contributed by atoms with Crippen LogP contribution in [0.1, 0.15) is 56.1 Å². The number of aromatic hydroxyl groups is 1. The van der Waals surface area contributed by atoms with Gasteiger partial charge in [0.2, 0.25) is 0 Å². The summed E-state index contributed by atoms with van der Waals surface area (Å²) in [4.78, 5) is 0. The molecule has 3 aliphatic carbocycles. The van der Waals surface area contributed by atoms with E-state index in [1.54, 1.807) is 6.07 Å². The first-order valence-corrected chi connectivity index (χ1v) is 9.09. The van der Waals surface area contributed by atoms with Crippen molar-refractivity contribution in [1.82, 2.24) is 0 Å². The van der Waals surface area contributed by atoms with Gasteiger partial charge in [0, 0.05) is 11.6 Å². The number of ether oxygens (including phenoxy) is 1. The van der Waals surface area contributed by atoms with E-state index in [1.807, 2.05) is 0 Å². The summed E-state index contributed by atoms with van der Waals surface area (Å²) in [5, 5.41) is 48.2. The molecule has 6 heteroatoms. The van der Waals surface area contributed by atoms with Gasteiger partial charge in [0.1, 0.15) is 11.5 Å². The first-order valence-electron chi connectivity index (χ1n) is 9.09. The van der Waals surface area contributed by atoms with Crippen molar-refractivity contribution in [1.29, 1.82) is 0 Å². The fourth-order valence-electron chi connectivity index (χ4n) is 5.87. The molecule has 25 heavy (non-hydrogen) atoms. The average Bonchev–Trinajstić information content (AvgIpc) is 2.80. The fraction of sp³-hybridized carbons (Fsp3) is 0.684. The Hall–Kier alpha value is -1.34. The molecule has 4 rings (SSSR count). The third-order valence-electron chi connectivity index (χ3n) is 6.96. The molecule has 1 aromatic rings. The normalized spacial score (nSPS) is 37.2. The highest BCUT2D eigenvalue weighted by molar-refractivity contribution is 5.50. The van der Waals surface area contributed by atoms with Crippen molar-refractivity contribution in [2.75, 3.05) is 0 Å². The second-order valence-electron chi connectivity index (χ2n) is 8.25. The van der Waals surface area contributed by atoms with Crippen LogP contribution in [-0.4, -0.2) is 37.8 Å². The van der Waals surface area contributed by atoms with E-state index in [0.717, 1.165) is 49.7 Å². The molecule has 0 heterocycles. The van der Waals surface area contributed by atoms with E-state index in [9.17, 15) is 25.5 Å². The van der Waals surface area contributed by atoms with Crippen LogP contribution in [0, 0.1) is 17.3 Å². The highest BCUT2D eigenvalue weighted by Crippen LogP contribution is 2.62. The van der Waals surface area contributed by atoms with E-state index in [2.05, 4.69) is 6.92 Å². The van der Waals surface area contributed by atoms with Crippen molar-refractivity contribution in [2.45, 2.75) is 63.6 Å². The molecule has 3 aliphatic rings. The second kappa shape index (κ2) is 5.58. The maximum Gasteiger partial charge on any atom is 0.453 e. The minimum absolute atomic E-state index is 0.0200. The first-order chi connectivity index (χ1) is 11.7.